The van der Waals surface area contributed by atoms with Gasteiger partial charge in [-0.2, -0.15) is 0 Å². The van der Waals surface area contributed by atoms with E-state index in [1.165, 1.54) is 7.11 Å². The van der Waals surface area contributed by atoms with Crippen molar-refractivity contribution in [2.24, 2.45) is 0 Å². The zero-order chi connectivity index (χ0) is 15.1. The molecule has 0 spiro atoms. The topological polar surface area (TPSA) is 59.1 Å². The van der Waals surface area contributed by atoms with Gasteiger partial charge >= 0.3 is 5.97 Å². The number of hydrogen-bond acceptors (Lipinski definition) is 5. The van der Waals surface area contributed by atoms with E-state index in [0.29, 0.717) is 39.0 Å². The Balaban J connectivity index is 2.28. The fraction of sp³-hybridized carbons (Fsp3) is 0.857. The first kappa shape index (κ1) is 16.9. The maximum Gasteiger partial charge on any atom is 0.305 e. The molecule has 2 unspecified atom stereocenters. The first-order valence-corrected chi connectivity index (χ1v) is 7.11. The van der Waals surface area contributed by atoms with Crippen LogP contribution in [0.3, 0.4) is 0 Å². The van der Waals surface area contributed by atoms with Crippen molar-refractivity contribution in [2.75, 3.05) is 40.3 Å². The number of amides is 1. The van der Waals surface area contributed by atoms with Crippen LogP contribution in [0.25, 0.3) is 0 Å². The summed E-state index contributed by atoms with van der Waals surface area (Å²) in [5.74, 6) is -0.0897. The van der Waals surface area contributed by atoms with Gasteiger partial charge in [0, 0.05) is 19.5 Å². The molecule has 116 valence electrons. The number of methoxy groups -OCH3 is 1. The highest BCUT2D eigenvalue weighted by atomic mass is 16.5. The van der Waals surface area contributed by atoms with E-state index in [1.54, 1.807) is 0 Å². The molecule has 1 aliphatic rings. The predicted molar refractivity (Wildman–Crippen MR) is 75.3 cm³/mol. The molecule has 1 fully saturated rings. The molecule has 0 aromatic rings. The van der Waals surface area contributed by atoms with Gasteiger partial charge in [0.1, 0.15) is 0 Å². The van der Waals surface area contributed by atoms with Crippen LogP contribution in [-0.4, -0.2) is 74.2 Å². The third kappa shape index (κ3) is 5.88. The van der Waals surface area contributed by atoms with Crippen molar-refractivity contribution in [3.8, 4) is 0 Å². The van der Waals surface area contributed by atoms with E-state index in [0.717, 1.165) is 0 Å². The van der Waals surface area contributed by atoms with Crippen LogP contribution in [0, 0.1) is 0 Å². The Labute approximate surface area is 121 Å². The molecule has 0 aromatic carbocycles. The highest BCUT2D eigenvalue weighted by Crippen LogP contribution is 2.11. The van der Waals surface area contributed by atoms with E-state index < -0.39 is 0 Å². The highest BCUT2D eigenvalue weighted by Gasteiger charge is 2.26. The van der Waals surface area contributed by atoms with E-state index in [1.807, 2.05) is 30.7 Å². The molecular formula is C14H26N2O4. The lowest BCUT2D eigenvalue weighted by molar-refractivity contribution is -0.144. The number of esters is 1. The monoisotopic (exact) mass is 286 g/mol. The Morgan fingerprint density at radius 1 is 1.30 bits per heavy atom. The van der Waals surface area contributed by atoms with Crippen molar-refractivity contribution in [3.05, 3.63) is 0 Å². The van der Waals surface area contributed by atoms with Crippen LogP contribution in [0.2, 0.25) is 0 Å². The molecule has 1 saturated heterocycles. The maximum atomic E-state index is 12.2. The third-order valence-electron chi connectivity index (χ3n) is 3.33. The fourth-order valence-electron chi connectivity index (χ4n) is 2.39. The third-order valence-corrected chi connectivity index (χ3v) is 3.33. The zero-order valence-corrected chi connectivity index (χ0v) is 12.9. The Morgan fingerprint density at radius 3 is 2.45 bits per heavy atom. The molecule has 1 amide bonds. The number of carbonyl (C=O) groups excluding carboxylic acids is 2. The largest absolute Gasteiger partial charge is 0.469 e. The van der Waals surface area contributed by atoms with Crippen LogP contribution >= 0.6 is 0 Å². The number of hydrogen-bond donors (Lipinski definition) is 0. The number of ether oxygens (including phenoxy) is 2. The summed E-state index contributed by atoms with van der Waals surface area (Å²) >= 11 is 0. The van der Waals surface area contributed by atoms with E-state index in [-0.39, 0.29) is 24.1 Å². The van der Waals surface area contributed by atoms with Crippen molar-refractivity contribution in [3.63, 3.8) is 0 Å². The summed E-state index contributed by atoms with van der Waals surface area (Å²) in [6.07, 6.45) is 1.27. The molecule has 0 aliphatic carbocycles. The van der Waals surface area contributed by atoms with Gasteiger partial charge < -0.3 is 14.4 Å². The van der Waals surface area contributed by atoms with Gasteiger partial charge in [-0.05, 0) is 33.9 Å². The second kappa shape index (κ2) is 8.21. The highest BCUT2D eigenvalue weighted by molar-refractivity contribution is 5.78. The summed E-state index contributed by atoms with van der Waals surface area (Å²) in [7, 11) is 3.28. The number of morpholine rings is 1. The second-order valence-corrected chi connectivity index (χ2v) is 5.47. The summed E-state index contributed by atoms with van der Waals surface area (Å²) in [6.45, 7) is 6.35. The van der Waals surface area contributed by atoms with E-state index >= 15 is 0 Å². The fourth-order valence-corrected chi connectivity index (χ4v) is 2.39. The normalized spacial score (nSPS) is 22.9. The second-order valence-electron chi connectivity index (χ2n) is 5.47. The average Bonchev–Trinajstić information content (AvgIpc) is 2.37. The molecule has 0 N–H and O–H groups in total. The van der Waals surface area contributed by atoms with Gasteiger partial charge in [-0.25, -0.2) is 0 Å². The van der Waals surface area contributed by atoms with Gasteiger partial charge in [0.05, 0.1) is 25.9 Å². The number of nitrogens with zero attached hydrogens (tertiary/aromatic N) is 2. The van der Waals surface area contributed by atoms with Crippen molar-refractivity contribution >= 4 is 11.9 Å². The van der Waals surface area contributed by atoms with Crippen LogP contribution in [-0.2, 0) is 19.1 Å². The molecule has 0 aromatic heterocycles. The van der Waals surface area contributed by atoms with Crippen LogP contribution in [0.4, 0.5) is 0 Å². The maximum absolute atomic E-state index is 12.2. The first-order valence-electron chi connectivity index (χ1n) is 7.11. The molecular weight excluding hydrogens is 260 g/mol. The average molecular weight is 286 g/mol. The molecule has 1 rings (SSSR count). The molecule has 6 heteroatoms. The standard InChI is InChI=1S/C14H26N2O4/c1-11-8-16(9-12(2)20-11)13(17)10-15(3)7-5-6-14(18)19-4/h11-12H,5-10H2,1-4H3. The molecule has 1 aliphatic heterocycles. The Morgan fingerprint density at radius 2 is 1.90 bits per heavy atom. The van der Waals surface area contributed by atoms with Crippen molar-refractivity contribution in [2.45, 2.75) is 38.9 Å². The van der Waals surface area contributed by atoms with Gasteiger partial charge in [0.2, 0.25) is 5.91 Å². The summed E-state index contributed by atoms with van der Waals surface area (Å²) in [4.78, 5) is 27.0. The number of likely N-dealkylation sites (N-methyl/N-ethyl adjacent to an activating group) is 1. The Kier molecular flexibility index (Phi) is 6.95. The van der Waals surface area contributed by atoms with E-state index in [2.05, 4.69) is 4.74 Å². The summed E-state index contributed by atoms with van der Waals surface area (Å²) in [5, 5.41) is 0. The lowest BCUT2D eigenvalue weighted by Gasteiger charge is -2.36. The van der Waals surface area contributed by atoms with Crippen LogP contribution < -0.4 is 0 Å². The zero-order valence-electron chi connectivity index (χ0n) is 12.9. The van der Waals surface area contributed by atoms with Crippen molar-refractivity contribution in [1.82, 2.24) is 9.80 Å². The van der Waals surface area contributed by atoms with E-state index in [4.69, 9.17) is 4.74 Å². The van der Waals surface area contributed by atoms with E-state index in [9.17, 15) is 9.59 Å². The minimum Gasteiger partial charge on any atom is -0.469 e. The summed E-state index contributed by atoms with van der Waals surface area (Å²) in [5.41, 5.74) is 0. The first-order chi connectivity index (χ1) is 9.42. The van der Waals surface area contributed by atoms with Gasteiger partial charge in [0.15, 0.2) is 0 Å². The van der Waals surface area contributed by atoms with Crippen molar-refractivity contribution < 1.29 is 19.1 Å². The molecule has 0 bridgehead atoms. The van der Waals surface area contributed by atoms with Crippen LogP contribution in [0.1, 0.15) is 26.7 Å². The smallest absolute Gasteiger partial charge is 0.305 e. The Bertz CT molecular complexity index is 325. The molecule has 6 nitrogen and oxygen atoms in total. The number of rotatable bonds is 6. The van der Waals surface area contributed by atoms with Gasteiger partial charge in [-0.15, -0.1) is 0 Å². The molecule has 1 heterocycles. The van der Waals surface area contributed by atoms with Gasteiger partial charge in [0.25, 0.3) is 0 Å². The minimum absolute atomic E-state index is 0.0901. The summed E-state index contributed by atoms with van der Waals surface area (Å²) in [6, 6.07) is 0. The molecule has 20 heavy (non-hydrogen) atoms. The van der Waals surface area contributed by atoms with Crippen LogP contribution in [0.5, 0.6) is 0 Å². The minimum atomic E-state index is -0.208. The van der Waals surface area contributed by atoms with Gasteiger partial charge in [-0.1, -0.05) is 0 Å². The quantitative estimate of drug-likeness (QED) is 0.666. The Hall–Kier alpha value is -1.14. The van der Waals surface area contributed by atoms with Crippen LogP contribution in [0.15, 0.2) is 0 Å². The lowest BCUT2D eigenvalue weighted by Crippen LogP contribution is -2.50. The SMILES string of the molecule is COC(=O)CCCN(C)CC(=O)N1CC(C)OC(C)C1. The summed E-state index contributed by atoms with van der Waals surface area (Å²) < 4.78 is 10.2. The lowest BCUT2D eigenvalue weighted by atomic mass is 10.2. The molecule has 0 saturated carbocycles. The van der Waals surface area contributed by atoms with Gasteiger partial charge in [-0.3, -0.25) is 14.5 Å². The number of carbonyl (C=O) groups is 2. The van der Waals surface area contributed by atoms with Crippen molar-refractivity contribution in [1.29, 1.82) is 0 Å². The molecule has 2 atom stereocenters. The molecule has 0 radical (unpaired) electrons. The predicted octanol–water partition coefficient (Wildman–Crippen LogP) is 0.507.